The Balaban J connectivity index is 2.19. The van der Waals surface area contributed by atoms with Gasteiger partial charge in [-0.2, -0.15) is 5.26 Å². The molecule has 1 aromatic carbocycles. The molecule has 17 heavy (non-hydrogen) atoms. The summed E-state index contributed by atoms with van der Waals surface area (Å²) in [6.45, 7) is 2.04. The van der Waals surface area contributed by atoms with Gasteiger partial charge in [-0.1, -0.05) is 22.0 Å². The molecule has 1 atom stereocenters. The van der Waals surface area contributed by atoms with Gasteiger partial charge in [0, 0.05) is 19.9 Å². The highest BCUT2D eigenvalue weighted by atomic mass is 79.9. The van der Waals surface area contributed by atoms with E-state index in [9.17, 15) is 5.26 Å². The van der Waals surface area contributed by atoms with Gasteiger partial charge in [0.05, 0.1) is 6.07 Å². The van der Waals surface area contributed by atoms with Crippen LogP contribution in [-0.4, -0.2) is 0 Å². The predicted octanol–water partition coefficient (Wildman–Crippen LogP) is 4.50. The van der Waals surface area contributed by atoms with Crippen molar-refractivity contribution in [3.63, 3.8) is 0 Å². The molecule has 2 aromatic rings. The highest BCUT2D eigenvalue weighted by Crippen LogP contribution is 2.26. The van der Waals surface area contributed by atoms with Gasteiger partial charge in [0.25, 0.3) is 0 Å². The fourth-order valence-electron chi connectivity index (χ4n) is 1.52. The largest absolute Gasteiger partial charge is 0.366 e. The van der Waals surface area contributed by atoms with Crippen LogP contribution in [0, 0.1) is 18.3 Å². The number of benzene rings is 1. The number of thiophene rings is 1. The molecule has 0 aliphatic rings. The van der Waals surface area contributed by atoms with Gasteiger partial charge in [-0.15, -0.1) is 11.3 Å². The molecule has 0 saturated heterocycles. The highest BCUT2D eigenvalue weighted by Gasteiger charge is 2.12. The summed E-state index contributed by atoms with van der Waals surface area (Å²) >= 11 is 5.06. The number of nitrogens with zero attached hydrogens (tertiary/aromatic N) is 1. The van der Waals surface area contributed by atoms with Crippen molar-refractivity contribution < 1.29 is 0 Å². The monoisotopic (exact) mass is 306 g/mol. The molecule has 1 N–H and O–H groups in total. The summed E-state index contributed by atoms with van der Waals surface area (Å²) in [5.74, 6) is 0. The van der Waals surface area contributed by atoms with Crippen LogP contribution >= 0.6 is 27.3 Å². The van der Waals surface area contributed by atoms with Crippen molar-refractivity contribution in [2.24, 2.45) is 0 Å². The number of nitriles is 1. The Hall–Kier alpha value is -1.31. The van der Waals surface area contributed by atoms with Gasteiger partial charge in [0.15, 0.2) is 0 Å². The number of anilines is 1. The van der Waals surface area contributed by atoms with Gasteiger partial charge < -0.3 is 5.32 Å². The van der Waals surface area contributed by atoms with Gasteiger partial charge in [-0.3, -0.25) is 0 Å². The maximum Gasteiger partial charge on any atom is 0.149 e. The minimum atomic E-state index is -0.289. The summed E-state index contributed by atoms with van der Waals surface area (Å²) in [4.78, 5) is 2.27. The molecule has 2 rings (SSSR count). The average Bonchev–Trinajstić information content (AvgIpc) is 2.73. The molecule has 0 amide bonds. The normalized spacial score (nSPS) is 11.8. The van der Waals surface area contributed by atoms with E-state index in [1.54, 1.807) is 11.3 Å². The summed E-state index contributed by atoms with van der Waals surface area (Å²) < 4.78 is 1.00. The van der Waals surface area contributed by atoms with Gasteiger partial charge in [0.1, 0.15) is 6.04 Å². The van der Waals surface area contributed by atoms with Crippen molar-refractivity contribution in [1.82, 2.24) is 0 Å². The van der Waals surface area contributed by atoms with E-state index >= 15 is 0 Å². The molecule has 0 bridgehead atoms. The van der Waals surface area contributed by atoms with Crippen LogP contribution in [0.15, 0.2) is 40.9 Å². The van der Waals surface area contributed by atoms with Crippen molar-refractivity contribution in [3.8, 4) is 6.07 Å². The SMILES string of the molecule is Cc1ccc(C(C#N)Nc2cccc(Br)c2)s1. The molecular formula is C13H11BrN2S. The zero-order chi connectivity index (χ0) is 12.3. The van der Waals surface area contributed by atoms with Crippen LogP contribution in [0.5, 0.6) is 0 Å². The van der Waals surface area contributed by atoms with Crippen molar-refractivity contribution in [2.75, 3.05) is 5.32 Å². The first-order valence-corrected chi connectivity index (χ1v) is 6.78. The Morgan fingerprint density at radius 1 is 1.35 bits per heavy atom. The maximum absolute atomic E-state index is 9.20. The molecule has 2 nitrogen and oxygen atoms in total. The van der Waals surface area contributed by atoms with E-state index in [0.29, 0.717) is 0 Å². The third-order valence-corrected chi connectivity index (χ3v) is 3.87. The van der Waals surface area contributed by atoms with E-state index in [1.165, 1.54) is 4.88 Å². The van der Waals surface area contributed by atoms with Crippen LogP contribution in [0.25, 0.3) is 0 Å². The molecule has 1 heterocycles. The van der Waals surface area contributed by atoms with Crippen LogP contribution < -0.4 is 5.32 Å². The number of nitrogens with one attached hydrogen (secondary N) is 1. The van der Waals surface area contributed by atoms with Gasteiger partial charge in [0.2, 0.25) is 0 Å². The Morgan fingerprint density at radius 3 is 2.76 bits per heavy atom. The van der Waals surface area contributed by atoms with Crippen molar-refractivity contribution in [1.29, 1.82) is 5.26 Å². The summed E-state index contributed by atoms with van der Waals surface area (Å²) in [5.41, 5.74) is 0.942. The Labute approximate surface area is 113 Å². The standard InChI is InChI=1S/C13H11BrN2S/c1-9-5-6-13(17-9)12(8-15)16-11-4-2-3-10(14)7-11/h2-7,12,16H,1H3. The molecule has 0 aliphatic carbocycles. The number of hydrogen-bond acceptors (Lipinski definition) is 3. The molecule has 0 saturated carbocycles. The van der Waals surface area contributed by atoms with Gasteiger partial charge in [-0.05, 0) is 37.3 Å². The first kappa shape index (κ1) is 12.2. The molecule has 0 radical (unpaired) electrons. The second-order valence-corrected chi connectivity index (χ2v) is 5.90. The predicted molar refractivity (Wildman–Crippen MR) is 75.2 cm³/mol. The molecule has 0 aliphatic heterocycles. The average molecular weight is 307 g/mol. The number of rotatable bonds is 3. The highest BCUT2D eigenvalue weighted by molar-refractivity contribution is 9.10. The summed E-state index contributed by atoms with van der Waals surface area (Å²) in [6.07, 6.45) is 0. The third kappa shape index (κ3) is 3.09. The minimum absolute atomic E-state index is 0.289. The van der Waals surface area contributed by atoms with E-state index in [-0.39, 0.29) is 6.04 Å². The molecule has 1 unspecified atom stereocenters. The smallest absolute Gasteiger partial charge is 0.149 e. The Kier molecular flexibility index (Phi) is 3.82. The summed E-state index contributed by atoms with van der Waals surface area (Å²) in [5, 5.41) is 12.4. The zero-order valence-corrected chi connectivity index (χ0v) is 11.7. The second kappa shape index (κ2) is 5.35. The first-order valence-electron chi connectivity index (χ1n) is 5.17. The molecule has 0 fully saturated rings. The lowest BCUT2D eigenvalue weighted by molar-refractivity contribution is 1.03. The number of hydrogen-bond donors (Lipinski definition) is 1. The lowest BCUT2D eigenvalue weighted by Crippen LogP contribution is -2.06. The molecule has 0 spiro atoms. The number of aryl methyl sites for hydroxylation is 1. The maximum atomic E-state index is 9.20. The van der Waals surface area contributed by atoms with E-state index in [2.05, 4.69) is 27.3 Å². The van der Waals surface area contributed by atoms with Crippen LogP contribution in [0.1, 0.15) is 15.8 Å². The van der Waals surface area contributed by atoms with Crippen molar-refractivity contribution in [3.05, 3.63) is 50.6 Å². The second-order valence-electron chi connectivity index (χ2n) is 3.67. The number of halogens is 1. The minimum Gasteiger partial charge on any atom is -0.366 e. The van der Waals surface area contributed by atoms with Gasteiger partial charge in [-0.25, -0.2) is 0 Å². The van der Waals surface area contributed by atoms with Crippen molar-refractivity contribution >= 4 is 33.0 Å². The van der Waals surface area contributed by atoms with Gasteiger partial charge >= 0.3 is 0 Å². The third-order valence-electron chi connectivity index (χ3n) is 2.31. The summed E-state index contributed by atoms with van der Waals surface area (Å²) in [7, 11) is 0. The fourth-order valence-corrected chi connectivity index (χ4v) is 2.79. The van der Waals surface area contributed by atoms with Crippen LogP contribution in [0.4, 0.5) is 5.69 Å². The first-order chi connectivity index (χ1) is 8.19. The quantitative estimate of drug-likeness (QED) is 0.906. The fraction of sp³-hybridized carbons (Fsp3) is 0.154. The van der Waals surface area contributed by atoms with Crippen LogP contribution in [0.2, 0.25) is 0 Å². The zero-order valence-electron chi connectivity index (χ0n) is 9.27. The van der Waals surface area contributed by atoms with E-state index in [4.69, 9.17) is 0 Å². The van der Waals surface area contributed by atoms with Crippen LogP contribution in [-0.2, 0) is 0 Å². The molecule has 4 heteroatoms. The van der Waals surface area contributed by atoms with E-state index < -0.39 is 0 Å². The summed E-state index contributed by atoms with van der Waals surface area (Å²) in [6, 6.07) is 13.9. The Morgan fingerprint density at radius 2 is 2.18 bits per heavy atom. The molecular weight excluding hydrogens is 296 g/mol. The van der Waals surface area contributed by atoms with Crippen molar-refractivity contribution in [2.45, 2.75) is 13.0 Å². The van der Waals surface area contributed by atoms with Crippen LogP contribution in [0.3, 0.4) is 0 Å². The lowest BCUT2D eigenvalue weighted by Gasteiger charge is -2.11. The van der Waals surface area contributed by atoms with E-state index in [1.807, 2.05) is 43.3 Å². The topological polar surface area (TPSA) is 35.8 Å². The van der Waals surface area contributed by atoms with E-state index in [0.717, 1.165) is 15.0 Å². The Bertz CT molecular complexity index is 557. The lowest BCUT2D eigenvalue weighted by atomic mass is 10.2. The molecule has 1 aromatic heterocycles. The molecule has 86 valence electrons.